The van der Waals surface area contributed by atoms with Crippen LogP contribution in [0.25, 0.3) is 22.4 Å². The van der Waals surface area contributed by atoms with E-state index in [1.54, 1.807) is 22.3 Å². The van der Waals surface area contributed by atoms with Crippen molar-refractivity contribution in [1.82, 2.24) is 15.5 Å². The predicted molar refractivity (Wildman–Crippen MR) is 219 cm³/mol. The normalized spacial score (nSPS) is 29.6. The fourth-order valence-corrected chi connectivity index (χ4v) is 11.3. The van der Waals surface area contributed by atoms with Crippen molar-refractivity contribution in [1.29, 1.82) is 0 Å². The Morgan fingerprint density at radius 2 is 1.34 bits per heavy atom. The van der Waals surface area contributed by atoms with E-state index in [9.17, 15) is 0 Å². The summed E-state index contributed by atoms with van der Waals surface area (Å²) in [6.07, 6.45) is 38.9. The van der Waals surface area contributed by atoms with E-state index in [0.717, 1.165) is 45.3 Å². The van der Waals surface area contributed by atoms with E-state index in [-0.39, 0.29) is 0 Å². The summed E-state index contributed by atoms with van der Waals surface area (Å²) in [7, 11) is 0. The third-order valence-corrected chi connectivity index (χ3v) is 13.6. The largest absolute Gasteiger partial charge is 0.362 e. The van der Waals surface area contributed by atoms with Crippen LogP contribution in [0.3, 0.4) is 0 Å². The average molecular weight is 692 g/mol. The quantitative estimate of drug-likeness (QED) is 0.329. The molecule has 7 aliphatic carbocycles. The summed E-state index contributed by atoms with van der Waals surface area (Å²) in [6.45, 7) is 3.06. The molecular formula is C50H49N3. The van der Waals surface area contributed by atoms with Gasteiger partial charge in [0, 0.05) is 48.9 Å². The highest BCUT2D eigenvalue weighted by Gasteiger charge is 2.52. The molecule has 5 atom stereocenters. The van der Waals surface area contributed by atoms with E-state index < -0.39 is 0 Å². The van der Waals surface area contributed by atoms with Gasteiger partial charge in [-0.1, -0.05) is 133 Å². The first kappa shape index (κ1) is 31.6. The Labute approximate surface area is 314 Å². The lowest BCUT2D eigenvalue weighted by molar-refractivity contribution is 0.241. The monoisotopic (exact) mass is 691 g/mol. The number of nitrogens with zero attached hydrogens (tertiary/aromatic N) is 1. The molecular weight excluding hydrogens is 643 g/mol. The van der Waals surface area contributed by atoms with Gasteiger partial charge in [0.2, 0.25) is 0 Å². The molecule has 3 heteroatoms. The minimum absolute atomic E-state index is 0.333. The van der Waals surface area contributed by atoms with E-state index in [2.05, 4.69) is 137 Å². The molecule has 0 radical (unpaired) electrons. The Bertz CT molecular complexity index is 2340. The first-order valence-electron chi connectivity index (χ1n) is 20.5. The molecule has 5 unspecified atom stereocenters. The second-order valence-electron chi connectivity index (χ2n) is 16.3. The van der Waals surface area contributed by atoms with Crippen molar-refractivity contribution < 1.29 is 0 Å². The van der Waals surface area contributed by atoms with Gasteiger partial charge in [0.05, 0.1) is 11.4 Å². The zero-order chi connectivity index (χ0) is 34.9. The Morgan fingerprint density at radius 3 is 2.02 bits per heavy atom. The van der Waals surface area contributed by atoms with Gasteiger partial charge in [-0.15, -0.1) is 0 Å². The SMILES string of the molecule is C1=CCCC(C2=c3ccccc3=C(C3=CC=CCC3)C3C4=CC=C(c5ccc(C6=C(C7=CCCCC7)NC7CNCCN67)cc5)C5C=CC=C(C45)C23)=C1. The first-order valence-corrected chi connectivity index (χ1v) is 20.5. The molecule has 3 nitrogen and oxygen atoms in total. The number of hydrogen-bond donors (Lipinski definition) is 2. The lowest BCUT2D eigenvalue weighted by Crippen LogP contribution is -2.52. The van der Waals surface area contributed by atoms with Gasteiger partial charge in [-0.25, -0.2) is 0 Å². The van der Waals surface area contributed by atoms with E-state index in [1.807, 2.05) is 0 Å². The summed E-state index contributed by atoms with van der Waals surface area (Å²) < 4.78 is 0. The van der Waals surface area contributed by atoms with Crippen LogP contribution in [0.5, 0.6) is 0 Å². The first-order chi connectivity index (χ1) is 26.3. The summed E-state index contributed by atoms with van der Waals surface area (Å²) in [6, 6.07) is 19.1. The molecule has 0 aromatic heterocycles. The van der Waals surface area contributed by atoms with Gasteiger partial charge in [0.25, 0.3) is 0 Å². The molecule has 2 aromatic carbocycles. The number of allylic oxidation sites excluding steroid dienone is 18. The molecule has 264 valence electrons. The molecule has 2 aromatic rings. The van der Waals surface area contributed by atoms with Gasteiger partial charge in [0.1, 0.15) is 6.17 Å². The van der Waals surface area contributed by atoms with Gasteiger partial charge < -0.3 is 15.5 Å². The van der Waals surface area contributed by atoms with Gasteiger partial charge in [-0.05, 0) is 101 Å². The Morgan fingerprint density at radius 1 is 0.623 bits per heavy atom. The second-order valence-corrected chi connectivity index (χ2v) is 16.3. The zero-order valence-corrected chi connectivity index (χ0v) is 30.7. The Balaban J connectivity index is 1.02. The fourth-order valence-electron chi connectivity index (χ4n) is 11.3. The van der Waals surface area contributed by atoms with Gasteiger partial charge in [-0.2, -0.15) is 0 Å². The van der Waals surface area contributed by atoms with Crippen LogP contribution in [0.4, 0.5) is 0 Å². The molecule has 9 aliphatic rings. The molecule has 1 saturated heterocycles. The molecule has 0 bridgehead atoms. The van der Waals surface area contributed by atoms with Crippen molar-refractivity contribution >= 4 is 22.4 Å². The van der Waals surface area contributed by atoms with Crippen molar-refractivity contribution in [3.63, 3.8) is 0 Å². The highest BCUT2D eigenvalue weighted by atomic mass is 15.4. The van der Waals surface area contributed by atoms with Crippen LogP contribution >= 0.6 is 0 Å². The van der Waals surface area contributed by atoms with Crippen LogP contribution in [-0.2, 0) is 0 Å². The van der Waals surface area contributed by atoms with Crippen LogP contribution in [0.15, 0.2) is 155 Å². The van der Waals surface area contributed by atoms with Gasteiger partial charge >= 0.3 is 0 Å². The molecule has 2 heterocycles. The molecule has 2 N–H and O–H groups in total. The van der Waals surface area contributed by atoms with E-state index in [1.165, 1.54) is 80.9 Å². The number of nitrogens with one attached hydrogen (secondary N) is 2. The minimum atomic E-state index is 0.333. The second kappa shape index (κ2) is 12.9. The summed E-state index contributed by atoms with van der Waals surface area (Å²) in [5.74, 6) is 1.46. The van der Waals surface area contributed by atoms with Crippen molar-refractivity contribution in [3.8, 4) is 0 Å². The van der Waals surface area contributed by atoms with Gasteiger partial charge in [-0.3, -0.25) is 0 Å². The molecule has 0 amide bonds. The number of benzene rings is 2. The van der Waals surface area contributed by atoms with Gasteiger partial charge in [0.15, 0.2) is 0 Å². The van der Waals surface area contributed by atoms with Crippen LogP contribution in [-0.4, -0.2) is 30.7 Å². The molecule has 53 heavy (non-hydrogen) atoms. The highest BCUT2D eigenvalue weighted by Crippen LogP contribution is 2.62. The minimum Gasteiger partial charge on any atom is -0.362 e. The smallest absolute Gasteiger partial charge is 0.112 e. The Hall–Kier alpha value is -4.86. The third-order valence-electron chi connectivity index (χ3n) is 13.6. The van der Waals surface area contributed by atoms with Crippen LogP contribution in [0.2, 0.25) is 0 Å². The molecule has 2 fully saturated rings. The molecule has 2 aliphatic heterocycles. The maximum atomic E-state index is 3.95. The topological polar surface area (TPSA) is 27.3 Å². The Kier molecular flexibility index (Phi) is 7.71. The number of fused-ring (bicyclic) bond motifs is 5. The van der Waals surface area contributed by atoms with Crippen LogP contribution in [0.1, 0.15) is 62.5 Å². The van der Waals surface area contributed by atoms with E-state index in [4.69, 9.17) is 0 Å². The lowest BCUT2D eigenvalue weighted by Gasteiger charge is -2.34. The summed E-state index contributed by atoms with van der Waals surface area (Å²) in [4.78, 5) is 2.63. The predicted octanol–water partition coefficient (Wildman–Crippen LogP) is 8.56. The highest BCUT2D eigenvalue weighted by molar-refractivity contribution is 5.87. The van der Waals surface area contributed by atoms with Crippen molar-refractivity contribution in [2.45, 2.75) is 57.5 Å². The van der Waals surface area contributed by atoms with E-state index in [0.29, 0.717) is 29.8 Å². The van der Waals surface area contributed by atoms with E-state index >= 15 is 0 Å². The van der Waals surface area contributed by atoms with Crippen LogP contribution in [0, 0.1) is 23.7 Å². The summed E-state index contributed by atoms with van der Waals surface area (Å²) in [5.41, 5.74) is 17.9. The summed E-state index contributed by atoms with van der Waals surface area (Å²) >= 11 is 0. The van der Waals surface area contributed by atoms with Crippen molar-refractivity contribution in [3.05, 3.63) is 177 Å². The van der Waals surface area contributed by atoms with Crippen molar-refractivity contribution in [2.75, 3.05) is 19.6 Å². The standard InChI is InChI=1S/C50H49N3/c1-4-13-33(14-5-1)44-39-19-10-11-20-40(39)45(34-15-6-2-7-16-34)48-42-28-27-37(38-21-12-22-41(46(38)42)47(44)48)32-23-25-36(26-24-32)50-49(35-17-8-3-9-18-35)52-43-31-51-29-30-53(43)50/h1-2,4,6,10-13,15,17,19-28,38,43,46-48,51-52H,3,5,7-9,14,16,18,29-31H2. The number of rotatable bonds is 5. The number of piperazine rings is 1. The maximum absolute atomic E-state index is 3.95. The lowest BCUT2D eigenvalue weighted by atomic mass is 9.69. The maximum Gasteiger partial charge on any atom is 0.112 e. The third kappa shape index (κ3) is 5.03. The molecule has 11 rings (SSSR count). The average Bonchev–Trinajstić information content (AvgIpc) is 3.78. The zero-order valence-electron chi connectivity index (χ0n) is 30.7. The molecule has 1 saturated carbocycles. The van der Waals surface area contributed by atoms with Crippen molar-refractivity contribution in [2.24, 2.45) is 23.7 Å². The number of hydrogen-bond acceptors (Lipinski definition) is 3. The molecule has 0 spiro atoms. The summed E-state index contributed by atoms with van der Waals surface area (Å²) in [5, 5.41) is 10.5. The van der Waals surface area contributed by atoms with Crippen LogP contribution < -0.4 is 21.1 Å². The fraction of sp³-hybridized carbons (Fsp3) is 0.320.